The molecular weight excluding hydrogens is 546 g/mol. The zero-order valence-electron chi connectivity index (χ0n) is 24.9. The fourth-order valence-corrected chi connectivity index (χ4v) is 6.46. The van der Waals surface area contributed by atoms with Crippen molar-refractivity contribution in [1.29, 1.82) is 0 Å². The van der Waals surface area contributed by atoms with E-state index in [2.05, 4.69) is 5.32 Å². The highest BCUT2D eigenvalue weighted by molar-refractivity contribution is 6.24. The van der Waals surface area contributed by atoms with Crippen LogP contribution in [0, 0.1) is 11.8 Å². The van der Waals surface area contributed by atoms with Gasteiger partial charge in [-0.3, -0.25) is 19.2 Å². The van der Waals surface area contributed by atoms with Crippen molar-refractivity contribution in [2.24, 2.45) is 17.6 Å². The first-order chi connectivity index (χ1) is 19.3. The van der Waals surface area contributed by atoms with Crippen LogP contribution in [0.25, 0.3) is 5.76 Å². The zero-order chi connectivity index (χ0) is 31.6. The van der Waals surface area contributed by atoms with Crippen LogP contribution in [0.1, 0.15) is 38.3 Å². The van der Waals surface area contributed by atoms with Gasteiger partial charge >= 0.3 is 0 Å². The van der Waals surface area contributed by atoms with Crippen molar-refractivity contribution in [3.8, 4) is 5.75 Å². The molecule has 3 aliphatic rings. The Bertz CT molecular complexity index is 1450. The van der Waals surface area contributed by atoms with Gasteiger partial charge in [-0.05, 0) is 51.2 Å². The van der Waals surface area contributed by atoms with Crippen molar-refractivity contribution in [2.75, 3.05) is 45.0 Å². The second kappa shape index (κ2) is 10.4. The molecule has 0 spiro atoms. The lowest BCUT2D eigenvalue weighted by Gasteiger charge is -2.52. The second-order valence-corrected chi connectivity index (χ2v) is 13.0. The average Bonchev–Trinajstić information content (AvgIpc) is 2.85. The molecule has 1 fully saturated rings. The molecule has 9 N–H and O–H groups in total. The summed E-state index contributed by atoms with van der Waals surface area (Å²) in [7, 11) is 6.71. The zero-order valence-corrected chi connectivity index (χ0v) is 24.9. The second-order valence-electron chi connectivity index (χ2n) is 13.0. The van der Waals surface area contributed by atoms with Gasteiger partial charge in [-0.25, -0.2) is 0 Å². The van der Waals surface area contributed by atoms with E-state index in [0.29, 0.717) is 16.2 Å². The molecule has 3 aliphatic carbocycles. The fourth-order valence-electron chi connectivity index (χ4n) is 6.46. The first-order valence-electron chi connectivity index (χ1n) is 13.8. The van der Waals surface area contributed by atoms with Crippen molar-refractivity contribution in [2.45, 2.75) is 50.8 Å². The maximum absolute atomic E-state index is 14.0. The number of aromatic hydroxyl groups is 1. The molecule has 1 aromatic rings. The van der Waals surface area contributed by atoms with Gasteiger partial charge in [-0.15, -0.1) is 0 Å². The standard InChI is InChI=1S/C29H39N5O8/c1-28(2,3)31-11-17(35)32-15-10-16(33(4)5)13-8-12-9-14-21(34(6)7)24(38)20(27(30)41)26(40)29(14,42)25(39)18(12)23(37)19(13)22(15)36/h10,12,14,21,31,36-37,40,42H,8-9,11H2,1-7H3,(H2,30,41)(H,32,35)/p+1/t12-,14-,21-,29-/m0/s1. The summed E-state index contributed by atoms with van der Waals surface area (Å²) in [5.41, 5.74) is 2.02. The molecule has 13 heteroatoms. The number of likely N-dealkylation sites (N-methyl/N-ethyl adjacent to an activating group) is 1. The number of nitrogens with zero attached hydrogens (tertiary/aromatic N) is 1. The first kappa shape index (κ1) is 31.0. The molecule has 0 aromatic heterocycles. The Kier molecular flexibility index (Phi) is 7.68. The molecule has 4 atom stereocenters. The number of nitrogens with two attached hydrogens (primary N) is 2. The van der Waals surface area contributed by atoms with Crippen LogP contribution in [0.4, 0.5) is 11.4 Å². The van der Waals surface area contributed by atoms with E-state index in [-0.39, 0.29) is 41.7 Å². The van der Waals surface area contributed by atoms with E-state index in [0.717, 1.165) is 0 Å². The minimum Gasteiger partial charge on any atom is -0.873 e. The largest absolute Gasteiger partial charge is 0.873 e. The van der Waals surface area contributed by atoms with Gasteiger partial charge < -0.3 is 46.6 Å². The van der Waals surface area contributed by atoms with E-state index >= 15 is 0 Å². The highest BCUT2D eigenvalue weighted by Gasteiger charge is 2.62. The monoisotopic (exact) mass is 586 g/mol. The summed E-state index contributed by atoms with van der Waals surface area (Å²) >= 11 is 0. The summed E-state index contributed by atoms with van der Waals surface area (Å²) in [6, 6.07) is 0.463. The number of aliphatic hydroxyl groups excluding tert-OH is 1. The summed E-state index contributed by atoms with van der Waals surface area (Å²) in [6.45, 7) is 5.90. The van der Waals surface area contributed by atoms with Gasteiger partial charge in [0.05, 0.1) is 42.4 Å². The molecule has 1 aromatic carbocycles. The van der Waals surface area contributed by atoms with E-state index in [1.165, 1.54) is 0 Å². The maximum Gasteiger partial charge on any atom is 0.279 e. The van der Waals surface area contributed by atoms with E-state index in [4.69, 9.17) is 5.73 Å². The van der Waals surface area contributed by atoms with Gasteiger partial charge in [0.15, 0.2) is 18.4 Å². The summed E-state index contributed by atoms with van der Waals surface area (Å²) in [5, 5.41) is 52.5. The van der Waals surface area contributed by atoms with Crippen LogP contribution in [-0.2, 0) is 25.6 Å². The number of carbonyl (C=O) groups is 4. The van der Waals surface area contributed by atoms with E-state index in [1.807, 2.05) is 26.1 Å². The quantitative estimate of drug-likeness (QED) is 0.131. The van der Waals surface area contributed by atoms with E-state index in [9.17, 15) is 39.6 Å². The number of fused-ring (bicyclic) bond motifs is 3. The summed E-state index contributed by atoms with van der Waals surface area (Å²) in [5.74, 6) is -8.13. The number of anilines is 2. The van der Waals surface area contributed by atoms with Gasteiger partial charge in [0.2, 0.25) is 5.78 Å². The van der Waals surface area contributed by atoms with E-state index < -0.39 is 69.7 Å². The smallest absolute Gasteiger partial charge is 0.279 e. The Morgan fingerprint density at radius 1 is 1.24 bits per heavy atom. The lowest BCUT2D eigenvalue weighted by Crippen LogP contribution is -3.13. The van der Waals surface area contributed by atoms with Crippen LogP contribution < -0.4 is 31.3 Å². The lowest BCUT2D eigenvalue weighted by molar-refractivity contribution is -0.881. The minimum atomic E-state index is -2.81. The number of primary amides is 1. The van der Waals surface area contributed by atoms with E-state index in [1.54, 1.807) is 39.2 Å². The third kappa shape index (κ3) is 4.80. The van der Waals surface area contributed by atoms with Crippen LogP contribution in [-0.4, -0.2) is 90.6 Å². The summed E-state index contributed by atoms with van der Waals surface area (Å²) in [6.07, 6.45) is 0.0968. The van der Waals surface area contributed by atoms with Gasteiger partial charge in [-0.1, -0.05) is 5.76 Å². The Hall–Kier alpha value is -3.94. The molecule has 0 saturated heterocycles. The topological polar surface area (TPSA) is 214 Å². The number of hydrogen-bond acceptors (Lipinski definition) is 9. The number of aliphatic hydroxyl groups is 2. The molecule has 0 unspecified atom stereocenters. The molecule has 0 bridgehead atoms. The van der Waals surface area contributed by atoms with Gasteiger partial charge in [0, 0.05) is 25.4 Å². The number of Topliss-reactive ketones (excluding diaryl/α,β-unsaturated/α-hetero) is 2. The Morgan fingerprint density at radius 2 is 1.86 bits per heavy atom. The van der Waals surface area contributed by atoms with Crippen LogP contribution >= 0.6 is 0 Å². The van der Waals surface area contributed by atoms with Gasteiger partial charge in [0.1, 0.15) is 17.1 Å². The maximum atomic E-state index is 14.0. The highest BCUT2D eigenvalue weighted by atomic mass is 16.3. The van der Waals surface area contributed by atoms with Crippen LogP contribution in [0.3, 0.4) is 0 Å². The lowest BCUT2D eigenvalue weighted by atomic mass is 9.57. The normalized spacial score (nSPS) is 25.7. The Balaban J connectivity index is 1.89. The number of ketones is 2. The Morgan fingerprint density at radius 3 is 2.38 bits per heavy atom. The average molecular weight is 587 g/mol. The molecular formula is C29H40N5O8+. The van der Waals surface area contributed by atoms with Crippen molar-refractivity contribution in [3.63, 3.8) is 0 Å². The van der Waals surface area contributed by atoms with Crippen LogP contribution in [0.5, 0.6) is 5.75 Å². The number of phenols is 1. The number of amides is 2. The van der Waals surface area contributed by atoms with Crippen LogP contribution in [0.15, 0.2) is 23.0 Å². The number of rotatable bonds is 6. The highest BCUT2D eigenvalue weighted by Crippen LogP contribution is 2.53. The van der Waals surface area contributed by atoms with Gasteiger partial charge in [-0.2, -0.15) is 0 Å². The molecule has 2 amide bonds. The third-order valence-corrected chi connectivity index (χ3v) is 8.43. The number of nitrogens with one attached hydrogen (secondary N) is 2. The SMILES string of the molecule is CN(C)c1cc(NC(=O)C[NH2+]C(C)(C)C)c(O)c2c1C[C@H]1C[C@H]3[C@H]([NH+](C)C)C(=O)C(C(N)=O)=C([O-])[C@@]3(O)C(=O)C1=C2O. The molecule has 0 aliphatic heterocycles. The summed E-state index contributed by atoms with van der Waals surface area (Å²) in [4.78, 5) is 54.3. The van der Waals surface area contributed by atoms with Crippen molar-refractivity contribution >= 4 is 40.5 Å². The molecule has 1 saturated carbocycles. The Labute approximate surface area is 243 Å². The molecule has 0 heterocycles. The van der Waals surface area contributed by atoms with Crippen molar-refractivity contribution < 1.29 is 49.8 Å². The molecule has 228 valence electrons. The number of quaternary nitrogens is 2. The third-order valence-electron chi connectivity index (χ3n) is 8.43. The fraction of sp³-hybridized carbons (Fsp3) is 0.517. The van der Waals surface area contributed by atoms with Gasteiger partial charge in [0.25, 0.3) is 11.8 Å². The molecule has 13 nitrogen and oxygen atoms in total. The van der Waals surface area contributed by atoms with Crippen molar-refractivity contribution in [3.05, 3.63) is 34.1 Å². The minimum absolute atomic E-state index is 0.00941. The predicted octanol–water partition coefficient (Wildman–Crippen LogP) is -3.28. The number of benzene rings is 1. The molecule has 42 heavy (non-hydrogen) atoms. The first-order valence-corrected chi connectivity index (χ1v) is 13.8. The molecule has 4 rings (SSSR count). The predicted molar refractivity (Wildman–Crippen MR) is 150 cm³/mol. The number of phenolic OH excluding ortho intramolecular Hbond substituents is 1. The summed E-state index contributed by atoms with van der Waals surface area (Å²) < 4.78 is 0. The number of hydrogen-bond donors (Lipinski definition) is 7. The number of carbonyl (C=O) groups excluding carboxylic acids is 4. The molecule has 0 radical (unpaired) electrons. The van der Waals surface area contributed by atoms with Crippen LogP contribution in [0.2, 0.25) is 0 Å². The van der Waals surface area contributed by atoms with Crippen molar-refractivity contribution in [1.82, 2.24) is 0 Å².